The van der Waals surface area contributed by atoms with Gasteiger partial charge in [-0.05, 0) is 6.07 Å². The van der Waals surface area contributed by atoms with Gasteiger partial charge in [-0.15, -0.1) is 0 Å². The summed E-state index contributed by atoms with van der Waals surface area (Å²) in [5.74, 6) is -1.17. The summed E-state index contributed by atoms with van der Waals surface area (Å²) in [7, 11) is -3.04. The summed E-state index contributed by atoms with van der Waals surface area (Å²) in [5, 5.41) is 12.2. The smallest absolute Gasteiger partial charge is 0.356 e. The van der Waals surface area contributed by atoms with Crippen molar-refractivity contribution in [2.75, 3.05) is 12.0 Å². The lowest BCUT2D eigenvalue weighted by Crippen LogP contribution is -2.12. The van der Waals surface area contributed by atoms with Crippen LogP contribution < -0.4 is 0 Å². The molecule has 0 atom stereocenters. The third-order valence-electron chi connectivity index (χ3n) is 1.55. The summed E-state index contributed by atoms with van der Waals surface area (Å²) in [6.45, 7) is 0.173. The average molecular weight is 218 g/mol. The minimum Gasteiger partial charge on any atom is -0.476 e. The van der Waals surface area contributed by atoms with Gasteiger partial charge in [-0.1, -0.05) is 0 Å². The molecule has 7 heteroatoms. The molecule has 0 aromatic carbocycles. The Morgan fingerprint density at radius 3 is 2.71 bits per heavy atom. The number of carboxylic acid groups (broad SMARTS) is 1. The lowest BCUT2D eigenvalue weighted by atomic mass is 10.5. The molecule has 6 nitrogen and oxygen atoms in total. The second-order valence-corrected chi connectivity index (χ2v) is 5.16. The van der Waals surface area contributed by atoms with Crippen molar-refractivity contribution in [3.8, 4) is 0 Å². The van der Waals surface area contributed by atoms with Gasteiger partial charge in [0.05, 0.1) is 12.3 Å². The molecule has 1 aromatic rings. The molecule has 0 aliphatic rings. The quantitative estimate of drug-likeness (QED) is 0.744. The lowest BCUT2D eigenvalue weighted by molar-refractivity contribution is 0.0689. The van der Waals surface area contributed by atoms with Crippen LogP contribution in [0.5, 0.6) is 0 Å². The van der Waals surface area contributed by atoms with Gasteiger partial charge < -0.3 is 5.11 Å². The van der Waals surface area contributed by atoms with Gasteiger partial charge in [-0.2, -0.15) is 5.10 Å². The number of carboxylic acids is 1. The molecule has 0 radical (unpaired) electrons. The maximum absolute atomic E-state index is 10.8. The Kier molecular flexibility index (Phi) is 2.90. The number of sulfone groups is 1. The predicted molar refractivity (Wildman–Crippen MR) is 48.9 cm³/mol. The maximum atomic E-state index is 10.8. The molecule has 0 aliphatic heterocycles. The van der Waals surface area contributed by atoms with Crippen molar-refractivity contribution < 1.29 is 18.3 Å². The maximum Gasteiger partial charge on any atom is 0.356 e. The highest BCUT2D eigenvalue weighted by Gasteiger charge is 2.08. The fraction of sp³-hybridized carbons (Fsp3) is 0.429. The molecular formula is C7H10N2O4S. The number of aromatic nitrogens is 2. The standard InChI is InChI=1S/C7H10N2O4S/c1-14(12,13)5-4-9-3-2-6(8-9)7(10)11/h2-3H,4-5H2,1H3,(H,10,11). The SMILES string of the molecule is CS(=O)(=O)CCn1ccc(C(=O)O)n1. The Bertz CT molecular complexity index is 434. The van der Waals surface area contributed by atoms with Crippen LogP contribution in [-0.4, -0.2) is 41.3 Å². The molecule has 0 aliphatic carbocycles. The van der Waals surface area contributed by atoms with Crippen LogP contribution in [0.3, 0.4) is 0 Å². The molecule has 1 rings (SSSR count). The number of nitrogens with zero attached hydrogens (tertiary/aromatic N) is 2. The van der Waals surface area contributed by atoms with Gasteiger partial charge in [0.1, 0.15) is 9.84 Å². The van der Waals surface area contributed by atoms with Gasteiger partial charge >= 0.3 is 5.97 Å². The van der Waals surface area contributed by atoms with E-state index in [0.29, 0.717) is 0 Å². The zero-order valence-electron chi connectivity index (χ0n) is 7.54. The molecule has 1 aromatic heterocycles. The molecule has 14 heavy (non-hydrogen) atoms. The van der Waals surface area contributed by atoms with E-state index in [4.69, 9.17) is 5.11 Å². The van der Waals surface area contributed by atoms with E-state index in [1.807, 2.05) is 0 Å². The highest BCUT2D eigenvalue weighted by atomic mass is 32.2. The van der Waals surface area contributed by atoms with Gasteiger partial charge in [-0.3, -0.25) is 4.68 Å². The van der Waals surface area contributed by atoms with Crippen LogP contribution in [-0.2, 0) is 16.4 Å². The molecule has 0 spiro atoms. The number of aryl methyl sites for hydroxylation is 1. The summed E-state index contributed by atoms with van der Waals surface area (Å²) in [4.78, 5) is 10.4. The van der Waals surface area contributed by atoms with Gasteiger partial charge in [0.2, 0.25) is 0 Å². The molecule has 0 saturated heterocycles. The number of rotatable bonds is 4. The third-order valence-corrected chi connectivity index (χ3v) is 2.48. The van der Waals surface area contributed by atoms with Crippen LogP contribution in [0.15, 0.2) is 12.3 Å². The Morgan fingerprint density at radius 1 is 1.64 bits per heavy atom. The van der Waals surface area contributed by atoms with Crippen LogP contribution in [0.1, 0.15) is 10.5 Å². The number of aromatic carboxylic acids is 1. The topological polar surface area (TPSA) is 89.3 Å². The van der Waals surface area contributed by atoms with Gasteiger partial charge in [-0.25, -0.2) is 13.2 Å². The summed E-state index contributed by atoms with van der Waals surface area (Å²) >= 11 is 0. The van der Waals surface area contributed by atoms with Crippen molar-refractivity contribution in [3.05, 3.63) is 18.0 Å². The first-order valence-electron chi connectivity index (χ1n) is 3.83. The van der Waals surface area contributed by atoms with Crippen molar-refractivity contribution in [2.45, 2.75) is 6.54 Å². The van der Waals surface area contributed by atoms with Gasteiger partial charge in [0.15, 0.2) is 5.69 Å². The highest BCUT2D eigenvalue weighted by molar-refractivity contribution is 7.90. The van der Waals surface area contributed by atoms with Crippen molar-refractivity contribution in [2.24, 2.45) is 0 Å². The largest absolute Gasteiger partial charge is 0.476 e. The second-order valence-electron chi connectivity index (χ2n) is 2.90. The van der Waals surface area contributed by atoms with Gasteiger partial charge in [0, 0.05) is 12.5 Å². The number of hydrogen-bond donors (Lipinski definition) is 1. The summed E-state index contributed by atoms with van der Waals surface area (Å²) < 4.78 is 22.9. The molecule has 1 N–H and O–H groups in total. The molecule has 1 heterocycles. The van der Waals surface area contributed by atoms with E-state index in [9.17, 15) is 13.2 Å². The molecule has 0 bridgehead atoms. The lowest BCUT2D eigenvalue weighted by Gasteiger charge is -1.98. The van der Waals surface area contributed by atoms with E-state index in [-0.39, 0.29) is 18.0 Å². The molecule has 0 amide bonds. The number of hydrogen-bond acceptors (Lipinski definition) is 4. The van der Waals surface area contributed by atoms with Crippen LogP contribution in [0.4, 0.5) is 0 Å². The first-order chi connectivity index (χ1) is 6.38. The van der Waals surface area contributed by atoms with E-state index in [1.165, 1.54) is 16.9 Å². The Labute approximate surface area is 81.1 Å². The summed E-state index contributed by atoms with van der Waals surface area (Å²) in [5.41, 5.74) is -0.0847. The normalized spacial score (nSPS) is 11.5. The Balaban J connectivity index is 2.65. The molecule has 78 valence electrons. The van der Waals surface area contributed by atoms with Crippen LogP contribution in [0.25, 0.3) is 0 Å². The highest BCUT2D eigenvalue weighted by Crippen LogP contribution is 1.96. The summed E-state index contributed by atoms with van der Waals surface area (Å²) in [6, 6.07) is 1.32. The minimum atomic E-state index is -3.04. The zero-order chi connectivity index (χ0) is 10.8. The van der Waals surface area contributed by atoms with Crippen LogP contribution in [0, 0.1) is 0 Å². The summed E-state index contributed by atoms with van der Waals surface area (Å²) in [6.07, 6.45) is 2.56. The third kappa shape index (κ3) is 3.17. The van der Waals surface area contributed by atoms with Crippen molar-refractivity contribution in [1.29, 1.82) is 0 Å². The van der Waals surface area contributed by atoms with Crippen molar-refractivity contribution >= 4 is 15.8 Å². The molecule has 0 unspecified atom stereocenters. The Morgan fingerprint density at radius 2 is 2.29 bits per heavy atom. The fourth-order valence-corrected chi connectivity index (χ4v) is 1.38. The predicted octanol–water partition coefficient (Wildman–Crippen LogP) is -0.374. The van der Waals surface area contributed by atoms with E-state index in [2.05, 4.69) is 5.10 Å². The van der Waals surface area contributed by atoms with E-state index in [1.54, 1.807) is 0 Å². The minimum absolute atomic E-state index is 0.0479. The molecular weight excluding hydrogens is 208 g/mol. The monoisotopic (exact) mass is 218 g/mol. The first kappa shape index (κ1) is 10.7. The average Bonchev–Trinajstić information content (AvgIpc) is 2.47. The Hall–Kier alpha value is -1.37. The fourth-order valence-electron chi connectivity index (χ4n) is 0.860. The van der Waals surface area contributed by atoms with E-state index < -0.39 is 15.8 Å². The van der Waals surface area contributed by atoms with Gasteiger partial charge in [0.25, 0.3) is 0 Å². The van der Waals surface area contributed by atoms with Crippen LogP contribution >= 0.6 is 0 Å². The molecule has 0 saturated carbocycles. The van der Waals surface area contributed by atoms with E-state index in [0.717, 1.165) is 6.26 Å². The second kappa shape index (κ2) is 3.79. The van der Waals surface area contributed by atoms with Crippen molar-refractivity contribution in [3.63, 3.8) is 0 Å². The van der Waals surface area contributed by atoms with Crippen molar-refractivity contribution in [1.82, 2.24) is 9.78 Å². The first-order valence-corrected chi connectivity index (χ1v) is 5.89. The molecule has 0 fully saturated rings. The van der Waals surface area contributed by atoms with Crippen LogP contribution in [0.2, 0.25) is 0 Å². The van der Waals surface area contributed by atoms with E-state index >= 15 is 0 Å². The zero-order valence-corrected chi connectivity index (χ0v) is 8.36. The number of carbonyl (C=O) groups is 1.